The molecule has 4 saturated heterocycles. The maximum Gasteiger partial charge on any atom is 0.350 e. The van der Waals surface area contributed by atoms with Crippen LogP contribution >= 0.6 is 22.7 Å². The van der Waals surface area contributed by atoms with Crippen LogP contribution in [0.25, 0.3) is 0 Å². The molecule has 2 aromatic rings. The molecule has 6 fully saturated rings. The van der Waals surface area contributed by atoms with Gasteiger partial charge in [0.05, 0.1) is 65.7 Å². The van der Waals surface area contributed by atoms with E-state index in [1.807, 2.05) is 65.2 Å². The molecule has 4 aliphatic heterocycles. The highest BCUT2D eigenvalue weighted by molar-refractivity contribution is 7.15. The maximum absolute atomic E-state index is 14.2. The molecule has 4 amide bonds. The molecule has 0 aromatic carbocycles. The van der Waals surface area contributed by atoms with Gasteiger partial charge >= 0.3 is 11.9 Å². The molecule has 6 heterocycles. The van der Waals surface area contributed by atoms with Gasteiger partial charge in [-0.3, -0.25) is 29.0 Å². The van der Waals surface area contributed by atoms with E-state index in [2.05, 4.69) is 37.5 Å². The molecule has 0 radical (unpaired) electrons. The van der Waals surface area contributed by atoms with Gasteiger partial charge in [-0.05, 0) is 143 Å². The summed E-state index contributed by atoms with van der Waals surface area (Å²) in [6, 6.07) is 2.12. The van der Waals surface area contributed by atoms with Crippen LogP contribution in [0.1, 0.15) is 175 Å². The summed E-state index contributed by atoms with van der Waals surface area (Å²) < 4.78 is 16.5. The van der Waals surface area contributed by atoms with E-state index in [1.54, 1.807) is 17.0 Å². The summed E-state index contributed by atoms with van der Waals surface area (Å²) in [7, 11) is 1.34. The predicted octanol–water partition coefficient (Wildman–Crippen LogP) is 9.65. The Labute approximate surface area is 441 Å². The fourth-order valence-electron chi connectivity index (χ4n) is 11.1. The topological polar surface area (TPSA) is 163 Å². The lowest BCUT2D eigenvalue weighted by Gasteiger charge is -2.38. The summed E-state index contributed by atoms with van der Waals surface area (Å²) >= 11 is 2.30. The molecule has 6 aliphatic rings. The number of carbonyl (C=O) groups is 6. The van der Waals surface area contributed by atoms with Crippen molar-refractivity contribution in [2.45, 2.75) is 183 Å². The van der Waals surface area contributed by atoms with Gasteiger partial charge in [-0.2, -0.15) is 0 Å². The van der Waals surface area contributed by atoms with Crippen LogP contribution in [0.4, 0.5) is 11.4 Å². The first-order chi connectivity index (χ1) is 34.5. The first-order valence-electron chi connectivity index (χ1n) is 26.7. The van der Waals surface area contributed by atoms with Gasteiger partial charge in [0, 0.05) is 35.8 Å². The minimum atomic E-state index is -1.11. The molecule has 8 rings (SSSR count). The number of carbonyl (C=O) groups excluding carboxylic acids is 5. The Morgan fingerprint density at radius 1 is 0.671 bits per heavy atom. The van der Waals surface area contributed by atoms with E-state index in [1.165, 1.54) is 23.3 Å². The molecule has 2 saturated carbocycles. The second kappa shape index (κ2) is 23.4. The molecule has 2 aromatic heterocycles. The number of esters is 1. The first-order valence-corrected chi connectivity index (χ1v) is 28.3. The van der Waals surface area contributed by atoms with Gasteiger partial charge in [-0.15, -0.1) is 22.7 Å². The molecule has 0 unspecified atom stereocenters. The number of carboxylic acids is 1. The molecule has 2 aliphatic carbocycles. The second-order valence-electron chi connectivity index (χ2n) is 23.3. The molecule has 14 nitrogen and oxygen atoms in total. The highest BCUT2D eigenvalue weighted by atomic mass is 32.1. The van der Waals surface area contributed by atoms with Crippen molar-refractivity contribution in [2.75, 3.05) is 43.2 Å². The number of methoxy groups -OCH3 is 1. The smallest absolute Gasteiger partial charge is 0.350 e. The Bertz CT molecular complexity index is 2500. The number of morpholine rings is 2. The molecule has 398 valence electrons. The average Bonchev–Trinajstić information content (AvgIpc) is 4.24. The summed E-state index contributed by atoms with van der Waals surface area (Å²) in [4.78, 5) is 89.9. The molecule has 4 bridgehead atoms. The fourth-order valence-corrected chi connectivity index (χ4v) is 12.8. The van der Waals surface area contributed by atoms with Crippen molar-refractivity contribution in [2.24, 2.45) is 34.5 Å². The van der Waals surface area contributed by atoms with Crippen molar-refractivity contribution >= 4 is 69.6 Å². The van der Waals surface area contributed by atoms with Crippen LogP contribution in [-0.4, -0.2) is 120 Å². The normalized spacial score (nSPS) is 26.1. The van der Waals surface area contributed by atoms with Gasteiger partial charge in [-0.1, -0.05) is 51.4 Å². The zero-order valence-electron chi connectivity index (χ0n) is 45.0. The van der Waals surface area contributed by atoms with Crippen molar-refractivity contribution in [3.05, 3.63) is 31.6 Å². The van der Waals surface area contributed by atoms with Gasteiger partial charge in [0.15, 0.2) is 0 Å². The summed E-state index contributed by atoms with van der Waals surface area (Å²) in [6.07, 6.45) is 9.61. The lowest BCUT2D eigenvalue weighted by Crippen LogP contribution is -2.55. The number of aromatic carboxylic acids is 1. The zero-order valence-corrected chi connectivity index (χ0v) is 46.6. The number of carboxylic acid groups (broad SMARTS) is 1. The van der Waals surface area contributed by atoms with Gasteiger partial charge in [0.1, 0.15) is 21.8 Å². The van der Waals surface area contributed by atoms with E-state index < -0.39 is 24.0 Å². The van der Waals surface area contributed by atoms with E-state index in [9.17, 15) is 33.9 Å². The number of thiophene rings is 2. The third-order valence-electron chi connectivity index (χ3n) is 15.2. The number of amides is 4. The van der Waals surface area contributed by atoms with Crippen LogP contribution in [0, 0.1) is 58.2 Å². The third kappa shape index (κ3) is 13.2. The number of likely N-dealkylation sites (tertiary alicyclic amines) is 2. The lowest BCUT2D eigenvalue weighted by atomic mass is 9.82. The molecule has 6 atom stereocenters. The fraction of sp³-hybridized carbons (Fsp3) is 0.684. The summed E-state index contributed by atoms with van der Waals surface area (Å²) in [6.45, 7) is 22.4. The van der Waals surface area contributed by atoms with Crippen LogP contribution < -0.4 is 9.80 Å². The van der Waals surface area contributed by atoms with Crippen molar-refractivity contribution in [1.82, 2.24) is 9.80 Å². The Balaban J connectivity index is 0.000000214. The standard InChI is InChI=1S/C29H40N2O5S.C28H38N2O5S/c1-7-23(27(33)30-16-21-14-20(30)17-36-21)31(26(32)19-10-8-18(2)9-11-19)24-15-22(12-13-29(3,4)5)37-25(24)28(34)35-6;1-6-22(26(32)29-15-20-13-19(29)16-35-20)30(25(31)18-9-7-17(2)8-10-18)23-14-21(11-12-28(3,4)5)36-24(23)27(33)34/h15,18-21,23H,7-11,14,16-17H2,1-6H3;14,17-20,22H,6-10,13,15-16H2,1-5H3,(H,33,34)/t18?,19?,20-,21-,23-;17?,18?,19-,20-,22-/m00/s1. The van der Waals surface area contributed by atoms with Crippen molar-refractivity contribution < 1.29 is 48.1 Å². The molecule has 73 heavy (non-hydrogen) atoms. The Morgan fingerprint density at radius 2 is 1.05 bits per heavy atom. The maximum atomic E-state index is 14.2. The Kier molecular flexibility index (Phi) is 18.0. The summed E-state index contributed by atoms with van der Waals surface area (Å²) in [5, 5.41) is 10.1. The van der Waals surface area contributed by atoms with Crippen LogP contribution in [0.5, 0.6) is 0 Å². The largest absolute Gasteiger partial charge is 0.477 e. The van der Waals surface area contributed by atoms with Crippen molar-refractivity contribution in [3.8, 4) is 23.7 Å². The van der Waals surface area contributed by atoms with Crippen LogP contribution in [0.15, 0.2) is 12.1 Å². The molecule has 1 N–H and O–H groups in total. The van der Waals surface area contributed by atoms with Gasteiger partial charge in [0.25, 0.3) is 0 Å². The minimum absolute atomic E-state index is 0.0265. The highest BCUT2D eigenvalue weighted by Gasteiger charge is 2.48. The second-order valence-corrected chi connectivity index (χ2v) is 25.4. The number of hydrogen-bond donors (Lipinski definition) is 1. The average molecular weight is 1040 g/mol. The predicted molar refractivity (Wildman–Crippen MR) is 285 cm³/mol. The van der Waals surface area contributed by atoms with E-state index in [4.69, 9.17) is 14.2 Å². The van der Waals surface area contributed by atoms with Gasteiger partial charge in [-0.25, -0.2) is 9.59 Å². The molecular weight excluding hydrogens is 965 g/mol. The highest BCUT2D eigenvalue weighted by Crippen LogP contribution is 2.41. The lowest BCUT2D eigenvalue weighted by molar-refractivity contribution is -0.139. The Hall–Kier alpha value is -4.74. The third-order valence-corrected chi connectivity index (χ3v) is 17.2. The van der Waals surface area contributed by atoms with E-state index >= 15 is 0 Å². The molecule has 0 spiro atoms. The van der Waals surface area contributed by atoms with Gasteiger partial charge < -0.3 is 29.1 Å². The molecule has 16 heteroatoms. The number of anilines is 2. The zero-order chi connectivity index (χ0) is 53.1. The number of rotatable bonds is 12. The van der Waals surface area contributed by atoms with E-state index in [0.717, 1.165) is 75.5 Å². The van der Waals surface area contributed by atoms with Crippen molar-refractivity contribution in [3.63, 3.8) is 0 Å². The number of fused-ring (bicyclic) bond motifs is 4. The number of ether oxygens (including phenoxy) is 3. The van der Waals surface area contributed by atoms with Crippen LogP contribution in [0.3, 0.4) is 0 Å². The van der Waals surface area contributed by atoms with Crippen molar-refractivity contribution in [1.29, 1.82) is 0 Å². The summed E-state index contributed by atoms with van der Waals surface area (Å²) in [5.74, 6) is 11.4. The SMILES string of the molecule is CC[C@@H](C(=O)N1C[C@@H]2C[C@H]1CO2)N(C(=O)C1CCC(C)CC1)c1cc(C#CC(C)(C)C)sc1C(=O)O.CC[C@@H](C(=O)N1C[C@@H]2C[C@H]1CO2)N(C(=O)C1CCC(C)CC1)c1cc(C#CC(C)(C)C)sc1C(=O)OC. The number of hydrogen-bond acceptors (Lipinski definition) is 11. The Morgan fingerprint density at radius 3 is 1.37 bits per heavy atom. The van der Waals surface area contributed by atoms with E-state index in [0.29, 0.717) is 77.0 Å². The van der Waals surface area contributed by atoms with E-state index in [-0.39, 0.29) is 75.5 Å². The van der Waals surface area contributed by atoms with Gasteiger partial charge in [0.2, 0.25) is 23.6 Å². The van der Waals surface area contributed by atoms with Crippen LogP contribution in [0.2, 0.25) is 0 Å². The summed E-state index contributed by atoms with van der Waals surface area (Å²) in [5.41, 5.74) is 0.277. The number of nitrogens with zero attached hydrogens (tertiary/aromatic N) is 4. The monoisotopic (exact) mass is 1040 g/mol. The molecular formula is C57H78N4O10S2. The first kappa shape index (κ1) is 56.0. The quantitative estimate of drug-likeness (QED) is 0.160. The van der Waals surface area contributed by atoms with Crippen LogP contribution in [-0.2, 0) is 33.4 Å². The minimum Gasteiger partial charge on any atom is -0.477 e.